The Balaban J connectivity index is 1.63. The third-order valence-corrected chi connectivity index (χ3v) is 4.88. The molecule has 0 saturated carbocycles. The van der Waals surface area contributed by atoms with Gasteiger partial charge in [-0.3, -0.25) is 10.4 Å². The van der Waals surface area contributed by atoms with Gasteiger partial charge in [0.1, 0.15) is 5.75 Å². The molecule has 1 atom stereocenters. The van der Waals surface area contributed by atoms with Gasteiger partial charge in [-0.05, 0) is 30.2 Å². The highest BCUT2D eigenvalue weighted by molar-refractivity contribution is 5.86. The highest BCUT2D eigenvalue weighted by Gasteiger charge is 2.32. The predicted molar refractivity (Wildman–Crippen MR) is 97.1 cm³/mol. The molecule has 0 bridgehead atoms. The molecule has 1 aliphatic carbocycles. The molecule has 1 aromatic heterocycles. The SMILES string of the molecule is NC1=NC=C2C=Cc3c[nH]c4c3C(=CCC4c3ccc(O)cc3)N2N1. The topological polar surface area (TPSA) is 89.7 Å². The summed E-state index contributed by atoms with van der Waals surface area (Å²) >= 11 is 0. The van der Waals surface area contributed by atoms with Crippen molar-refractivity contribution in [3.63, 3.8) is 0 Å². The maximum atomic E-state index is 9.56. The van der Waals surface area contributed by atoms with Crippen LogP contribution in [0.25, 0.3) is 11.8 Å². The number of aromatic hydroxyl groups is 1. The number of guanidine groups is 1. The predicted octanol–water partition coefficient (Wildman–Crippen LogP) is 2.60. The van der Waals surface area contributed by atoms with Crippen LogP contribution < -0.4 is 11.2 Å². The van der Waals surface area contributed by atoms with Crippen LogP contribution in [-0.4, -0.2) is 21.1 Å². The van der Waals surface area contributed by atoms with E-state index in [-0.39, 0.29) is 11.7 Å². The number of hydrazine groups is 1. The number of rotatable bonds is 1. The molecule has 0 amide bonds. The molecule has 5 N–H and O–H groups in total. The maximum absolute atomic E-state index is 9.56. The van der Waals surface area contributed by atoms with Crippen LogP contribution in [0.2, 0.25) is 0 Å². The van der Waals surface area contributed by atoms with Crippen LogP contribution in [0.3, 0.4) is 0 Å². The van der Waals surface area contributed by atoms with Crippen LogP contribution in [0.1, 0.15) is 34.7 Å². The van der Waals surface area contributed by atoms with Crippen molar-refractivity contribution < 1.29 is 5.11 Å². The van der Waals surface area contributed by atoms with E-state index in [4.69, 9.17) is 5.73 Å². The maximum Gasteiger partial charge on any atom is 0.212 e. The molecule has 5 rings (SSSR count). The fourth-order valence-corrected chi connectivity index (χ4v) is 3.70. The molecule has 0 fully saturated rings. The quantitative estimate of drug-likeness (QED) is 0.647. The van der Waals surface area contributed by atoms with Gasteiger partial charge in [-0.15, -0.1) is 0 Å². The van der Waals surface area contributed by atoms with Crippen LogP contribution in [0.4, 0.5) is 0 Å². The van der Waals surface area contributed by atoms with Crippen LogP contribution in [0.15, 0.2) is 59.5 Å². The van der Waals surface area contributed by atoms with E-state index in [2.05, 4.69) is 27.6 Å². The Hall–Kier alpha value is -3.41. The van der Waals surface area contributed by atoms with Crippen LogP contribution in [-0.2, 0) is 0 Å². The van der Waals surface area contributed by atoms with Crippen molar-refractivity contribution in [1.29, 1.82) is 0 Å². The largest absolute Gasteiger partial charge is 0.508 e. The van der Waals surface area contributed by atoms with E-state index in [9.17, 15) is 5.11 Å². The van der Waals surface area contributed by atoms with E-state index in [1.807, 2.05) is 29.4 Å². The van der Waals surface area contributed by atoms with Crippen molar-refractivity contribution in [2.24, 2.45) is 10.7 Å². The summed E-state index contributed by atoms with van der Waals surface area (Å²) < 4.78 is 0. The lowest BCUT2D eigenvalue weighted by Crippen LogP contribution is -2.46. The summed E-state index contributed by atoms with van der Waals surface area (Å²) in [6, 6.07) is 7.43. The van der Waals surface area contributed by atoms with Crippen LogP contribution in [0, 0.1) is 0 Å². The van der Waals surface area contributed by atoms with Gasteiger partial charge in [0.25, 0.3) is 0 Å². The second-order valence-corrected chi connectivity index (χ2v) is 6.35. The van der Waals surface area contributed by atoms with E-state index in [1.54, 1.807) is 18.3 Å². The van der Waals surface area contributed by atoms with E-state index in [0.717, 1.165) is 23.4 Å². The number of hydrogen-bond donors (Lipinski definition) is 4. The Morgan fingerprint density at radius 3 is 2.88 bits per heavy atom. The fourth-order valence-electron chi connectivity index (χ4n) is 3.70. The zero-order valence-electron chi connectivity index (χ0n) is 13.4. The third kappa shape index (κ3) is 2.07. The summed E-state index contributed by atoms with van der Waals surface area (Å²) in [6.07, 6.45) is 11.0. The lowest BCUT2D eigenvalue weighted by atomic mass is 9.84. The number of aromatic amines is 1. The average molecular weight is 331 g/mol. The van der Waals surface area contributed by atoms with Crippen LogP contribution >= 0.6 is 0 Å². The lowest BCUT2D eigenvalue weighted by Gasteiger charge is -2.33. The number of nitrogens with one attached hydrogen (secondary N) is 2. The summed E-state index contributed by atoms with van der Waals surface area (Å²) in [5.41, 5.74) is 15.7. The first-order chi connectivity index (χ1) is 12.2. The molecule has 2 aromatic rings. The van der Waals surface area contributed by atoms with Gasteiger partial charge in [0.05, 0.1) is 17.6 Å². The molecular weight excluding hydrogens is 314 g/mol. The number of nitrogens with zero attached hydrogens (tertiary/aromatic N) is 2. The Morgan fingerprint density at radius 1 is 1.20 bits per heavy atom. The van der Waals surface area contributed by atoms with Gasteiger partial charge < -0.3 is 15.8 Å². The minimum atomic E-state index is 0.225. The van der Waals surface area contributed by atoms with Gasteiger partial charge in [-0.25, -0.2) is 4.99 Å². The molecule has 1 aromatic carbocycles. The Morgan fingerprint density at radius 2 is 2.04 bits per heavy atom. The van der Waals surface area contributed by atoms with Gasteiger partial charge in [0.2, 0.25) is 5.96 Å². The first-order valence-corrected chi connectivity index (χ1v) is 8.20. The van der Waals surface area contributed by atoms with Crippen molar-refractivity contribution in [2.75, 3.05) is 0 Å². The number of fused-ring (bicyclic) bond motifs is 2. The molecule has 0 radical (unpaired) electrons. The lowest BCUT2D eigenvalue weighted by molar-refractivity contribution is 0.439. The molecule has 0 saturated heterocycles. The minimum absolute atomic E-state index is 0.225. The monoisotopic (exact) mass is 331 g/mol. The Kier molecular flexibility index (Phi) is 2.82. The second-order valence-electron chi connectivity index (χ2n) is 6.35. The number of hydrogen-bond acceptors (Lipinski definition) is 5. The van der Waals surface area contributed by atoms with E-state index in [1.165, 1.54) is 16.8 Å². The summed E-state index contributed by atoms with van der Waals surface area (Å²) in [6.45, 7) is 0. The molecule has 6 nitrogen and oxygen atoms in total. The van der Waals surface area contributed by atoms with Gasteiger partial charge in [-0.1, -0.05) is 24.3 Å². The summed E-state index contributed by atoms with van der Waals surface area (Å²) in [4.78, 5) is 7.61. The number of benzene rings is 1. The molecule has 2 aliphatic heterocycles. The highest BCUT2D eigenvalue weighted by atomic mass is 16.3. The molecule has 124 valence electrons. The third-order valence-electron chi connectivity index (χ3n) is 4.88. The zero-order chi connectivity index (χ0) is 17.0. The van der Waals surface area contributed by atoms with Crippen molar-refractivity contribution in [3.05, 3.63) is 76.9 Å². The smallest absolute Gasteiger partial charge is 0.212 e. The van der Waals surface area contributed by atoms with E-state index < -0.39 is 0 Å². The molecule has 3 aliphatic rings. The molecule has 6 heteroatoms. The normalized spacial score (nSPS) is 20.6. The first kappa shape index (κ1) is 14.0. The molecule has 25 heavy (non-hydrogen) atoms. The van der Waals surface area contributed by atoms with Crippen molar-refractivity contribution in [3.8, 4) is 5.75 Å². The zero-order valence-corrected chi connectivity index (χ0v) is 13.4. The van der Waals surface area contributed by atoms with Gasteiger partial charge in [0, 0.05) is 28.9 Å². The average Bonchev–Trinajstić information content (AvgIpc) is 2.98. The van der Waals surface area contributed by atoms with Crippen molar-refractivity contribution in [1.82, 2.24) is 15.4 Å². The number of phenolic OH excluding ortho intramolecular Hbond substituents is 1. The van der Waals surface area contributed by atoms with Gasteiger partial charge in [-0.2, -0.15) is 0 Å². The number of aliphatic imine (C=N–C) groups is 1. The van der Waals surface area contributed by atoms with Crippen molar-refractivity contribution >= 4 is 17.7 Å². The fraction of sp³-hybridized carbons (Fsp3) is 0.105. The summed E-state index contributed by atoms with van der Waals surface area (Å²) in [5.74, 6) is 0.883. The molecule has 1 unspecified atom stereocenters. The second kappa shape index (κ2) is 5.04. The minimum Gasteiger partial charge on any atom is -0.508 e. The number of allylic oxidation sites excluding steroid dienone is 2. The standard InChI is InChI=1S/C19H17N5O/c20-19-22-10-13-4-1-12-9-21-18-15(11-2-5-14(25)6-3-11)7-8-16(17(12)18)24(13)23-19/h1-6,8-10,15,21,25H,7H2,(H3,20,22,23). The number of H-pyrrole nitrogens is 1. The van der Waals surface area contributed by atoms with E-state index >= 15 is 0 Å². The Labute approximate surface area is 144 Å². The van der Waals surface area contributed by atoms with Crippen molar-refractivity contribution in [2.45, 2.75) is 12.3 Å². The summed E-state index contributed by atoms with van der Waals surface area (Å²) in [5, 5.41) is 11.5. The van der Waals surface area contributed by atoms with Gasteiger partial charge >= 0.3 is 0 Å². The molecule has 3 heterocycles. The summed E-state index contributed by atoms with van der Waals surface area (Å²) in [7, 11) is 0. The number of aromatic nitrogens is 1. The van der Waals surface area contributed by atoms with Crippen LogP contribution in [0.5, 0.6) is 5.75 Å². The molecular formula is C19H17N5O. The van der Waals surface area contributed by atoms with E-state index in [0.29, 0.717) is 5.96 Å². The molecule has 0 spiro atoms. The van der Waals surface area contributed by atoms with Gasteiger partial charge in [0.15, 0.2) is 0 Å². The number of nitrogens with two attached hydrogens (primary N) is 1. The number of phenols is 1. The first-order valence-electron chi connectivity index (χ1n) is 8.20. The Bertz CT molecular complexity index is 978. The highest BCUT2D eigenvalue weighted by Crippen LogP contribution is 2.43.